The SMILES string of the molecule is CCOc1cc2c(cc1OC)OOC2. The molecule has 4 heteroatoms. The van der Waals surface area contributed by atoms with Gasteiger partial charge in [-0.1, -0.05) is 0 Å². The summed E-state index contributed by atoms with van der Waals surface area (Å²) < 4.78 is 10.6. The van der Waals surface area contributed by atoms with Gasteiger partial charge in [0.15, 0.2) is 17.2 Å². The van der Waals surface area contributed by atoms with Crippen LogP contribution in [0.1, 0.15) is 12.5 Å². The van der Waals surface area contributed by atoms with E-state index in [1.54, 1.807) is 13.2 Å². The van der Waals surface area contributed by atoms with Gasteiger partial charge in [-0.2, -0.15) is 4.89 Å². The van der Waals surface area contributed by atoms with Gasteiger partial charge in [0.25, 0.3) is 0 Å². The molecular weight excluding hydrogens is 184 g/mol. The van der Waals surface area contributed by atoms with Crippen molar-refractivity contribution in [1.29, 1.82) is 0 Å². The number of fused-ring (bicyclic) bond motifs is 1. The van der Waals surface area contributed by atoms with Gasteiger partial charge in [0.05, 0.1) is 13.7 Å². The lowest BCUT2D eigenvalue weighted by Gasteiger charge is -2.09. The number of hydrogen-bond acceptors (Lipinski definition) is 4. The molecule has 0 saturated heterocycles. The van der Waals surface area contributed by atoms with Crippen LogP contribution in [0.5, 0.6) is 17.2 Å². The molecule has 0 aromatic heterocycles. The smallest absolute Gasteiger partial charge is 0.175 e. The fourth-order valence-corrected chi connectivity index (χ4v) is 1.36. The highest BCUT2D eigenvalue weighted by atomic mass is 17.2. The molecule has 1 aromatic carbocycles. The standard InChI is InChI=1S/C10H12O4/c1-3-12-10-4-7-6-13-14-8(7)5-9(10)11-2/h4-5H,3,6H2,1-2H3. The Hall–Kier alpha value is -1.42. The molecule has 0 radical (unpaired) electrons. The van der Waals surface area contributed by atoms with Crippen molar-refractivity contribution in [3.63, 3.8) is 0 Å². The van der Waals surface area contributed by atoms with Crippen LogP contribution in [0.2, 0.25) is 0 Å². The second-order valence-electron chi connectivity index (χ2n) is 2.89. The summed E-state index contributed by atoms with van der Waals surface area (Å²) in [5, 5.41) is 0. The second-order valence-corrected chi connectivity index (χ2v) is 2.89. The molecule has 4 nitrogen and oxygen atoms in total. The molecule has 1 heterocycles. The van der Waals surface area contributed by atoms with E-state index < -0.39 is 0 Å². The Morgan fingerprint density at radius 1 is 1.36 bits per heavy atom. The molecule has 1 aliphatic heterocycles. The van der Waals surface area contributed by atoms with E-state index >= 15 is 0 Å². The first-order valence-corrected chi connectivity index (χ1v) is 4.48. The molecule has 0 atom stereocenters. The van der Waals surface area contributed by atoms with E-state index in [4.69, 9.17) is 19.2 Å². The Balaban J connectivity index is 2.38. The first-order valence-electron chi connectivity index (χ1n) is 4.48. The summed E-state index contributed by atoms with van der Waals surface area (Å²) in [5.74, 6) is 2.09. The molecular formula is C10H12O4. The number of methoxy groups -OCH3 is 1. The van der Waals surface area contributed by atoms with Crippen molar-refractivity contribution >= 4 is 0 Å². The summed E-state index contributed by atoms with van der Waals surface area (Å²) in [4.78, 5) is 9.77. The first kappa shape index (κ1) is 9.15. The second kappa shape index (κ2) is 3.75. The summed E-state index contributed by atoms with van der Waals surface area (Å²) >= 11 is 0. The molecule has 0 spiro atoms. The lowest BCUT2D eigenvalue weighted by Crippen LogP contribution is -1.96. The Kier molecular flexibility index (Phi) is 2.45. The van der Waals surface area contributed by atoms with Crippen LogP contribution in [0.25, 0.3) is 0 Å². The molecule has 2 rings (SSSR count). The molecule has 0 bridgehead atoms. The zero-order valence-electron chi connectivity index (χ0n) is 8.20. The van der Waals surface area contributed by atoms with Crippen molar-refractivity contribution in [3.05, 3.63) is 17.7 Å². The van der Waals surface area contributed by atoms with Gasteiger partial charge in [-0.15, -0.1) is 0 Å². The Labute approximate surface area is 82.3 Å². The van der Waals surface area contributed by atoms with Gasteiger partial charge in [-0.25, -0.2) is 0 Å². The van der Waals surface area contributed by atoms with Gasteiger partial charge in [0.1, 0.15) is 6.61 Å². The Morgan fingerprint density at radius 3 is 2.93 bits per heavy atom. The van der Waals surface area contributed by atoms with Gasteiger partial charge < -0.3 is 14.4 Å². The molecule has 1 aliphatic rings. The largest absolute Gasteiger partial charge is 0.493 e. The average Bonchev–Trinajstić information content (AvgIpc) is 2.64. The summed E-state index contributed by atoms with van der Waals surface area (Å²) in [5.41, 5.74) is 0.981. The molecule has 0 aliphatic carbocycles. The molecule has 0 N–H and O–H groups in total. The minimum atomic E-state index is 0.458. The van der Waals surface area contributed by atoms with Crippen LogP contribution < -0.4 is 14.4 Å². The van der Waals surface area contributed by atoms with Crippen LogP contribution in [0, 0.1) is 0 Å². The van der Waals surface area contributed by atoms with Gasteiger partial charge in [-0.3, -0.25) is 0 Å². The molecule has 1 aromatic rings. The van der Waals surface area contributed by atoms with Crippen LogP contribution >= 0.6 is 0 Å². The van der Waals surface area contributed by atoms with Gasteiger partial charge in [-0.05, 0) is 13.0 Å². The number of rotatable bonds is 3. The third kappa shape index (κ3) is 1.48. The first-order chi connectivity index (χ1) is 6.85. The summed E-state index contributed by atoms with van der Waals surface area (Å²) in [7, 11) is 1.60. The normalized spacial score (nSPS) is 13.3. The summed E-state index contributed by atoms with van der Waals surface area (Å²) in [6.45, 7) is 3.00. The number of ether oxygens (including phenoxy) is 2. The highest BCUT2D eigenvalue weighted by Crippen LogP contribution is 2.37. The molecule has 0 saturated carbocycles. The third-order valence-corrected chi connectivity index (χ3v) is 2.01. The monoisotopic (exact) mass is 196 g/mol. The van der Waals surface area contributed by atoms with Crippen LogP contribution in [0.4, 0.5) is 0 Å². The quantitative estimate of drug-likeness (QED) is 0.692. The van der Waals surface area contributed by atoms with Crippen molar-refractivity contribution in [2.75, 3.05) is 13.7 Å². The fourth-order valence-electron chi connectivity index (χ4n) is 1.36. The molecule has 0 fully saturated rings. The van der Waals surface area contributed by atoms with Crippen LogP contribution in [-0.2, 0) is 11.5 Å². The predicted octanol–water partition coefficient (Wildman–Crippen LogP) is 1.92. The maximum absolute atomic E-state index is 5.42. The lowest BCUT2D eigenvalue weighted by molar-refractivity contribution is -0.194. The van der Waals surface area contributed by atoms with Crippen molar-refractivity contribution < 1.29 is 19.2 Å². The van der Waals surface area contributed by atoms with Gasteiger partial charge in [0, 0.05) is 11.6 Å². The zero-order chi connectivity index (χ0) is 9.97. The van der Waals surface area contributed by atoms with Crippen LogP contribution in [-0.4, -0.2) is 13.7 Å². The topological polar surface area (TPSA) is 36.9 Å². The molecule has 0 unspecified atom stereocenters. The molecule has 76 valence electrons. The fraction of sp³-hybridized carbons (Fsp3) is 0.400. The summed E-state index contributed by atoms with van der Waals surface area (Å²) in [6, 6.07) is 3.65. The van der Waals surface area contributed by atoms with E-state index in [9.17, 15) is 0 Å². The van der Waals surface area contributed by atoms with E-state index in [0.717, 1.165) is 11.3 Å². The maximum Gasteiger partial charge on any atom is 0.175 e. The Bertz CT molecular complexity index is 335. The van der Waals surface area contributed by atoms with E-state index in [1.165, 1.54) is 0 Å². The minimum Gasteiger partial charge on any atom is -0.493 e. The van der Waals surface area contributed by atoms with Gasteiger partial charge in [0.2, 0.25) is 0 Å². The number of hydrogen-bond donors (Lipinski definition) is 0. The average molecular weight is 196 g/mol. The van der Waals surface area contributed by atoms with Crippen LogP contribution in [0.3, 0.4) is 0 Å². The Morgan fingerprint density at radius 2 is 2.21 bits per heavy atom. The maximum atomic E-state index is 5.42. The van der Waals surface area contributed by atoms with Crippen molar-refractivity contribution in [2.45, 2.75) is 13.5 Å². The highest BCUT2D eigenvalue weighted by molar-refractivity contribution is 5.51. The van der Waals surface area contributed by atoms with E-state index in [0.29, 0.717) is 24.7 Å². The minimum absolute atomic E-state index is 0.458. The molecule has 14 heavy (non-hydrogen) atoms. The summed E-state index contributed by atoms with van der Waals surface area (Å²) in [6.07, 6.45) is 0. The molecule has 0 amide bonds. The van der Waals surface area contributed by atoms with E-state index in [2.05, 4.69) is 0 Å². The van der Waals surface area contributed by atoms with Crippen molar-refractivity contribution in [3.8, 4) is 17.2 Å². The number of benzene rings is 1. The van der Waals surface area contributed by atoms with Crippen molar-refractivity contribution in [1.82, 2.24) is 0 Å². The lowest BCUT2D eigenvalue weighted by atomic mass is 10.2. The highest BCUT2D eigenvalue weighted by Gasteiger charge is 2.18. The third-order valence-electron chi connectivity index (χ3n) is 2.01. The van der Waals surface area contributed by atoms with E-state index in [-0.39, 0.29) is 0 Å². The van der Waals surface area contributed by atoms with Crippen molar-refractivity contribution in [2.24, 2.45) is 0 Å². The van der Waals surface area contributed by atoms with E-state index in [1.807, 2.05) is 13.0 Å². The van der Waals surface area contributed by atoms with Crippen LogP contribution in [0.15, 0.2) is 12.1 Å². The predicted molar refractivity (Wildman–Crippen MR) is 49.6 cm³/mol. The van der Waals surface area contributed by atoms with Gasteiger partial charge >= 0.3 is 0 Å². The zero-order valence-corrected chi connectivity index (χ0v) is 8.20.